The fourth-order valence-electron chi connectivity index (χ4n) is 4.22. The van der Waals surface area contributed by atoms with Crippen molar-refractivity contribution in [2.75, 3.05) is 0 Å². The van der Waals surface area contributed by atoms with E-state index in [0.717, 1.165) is 21.5 Å². The van der Waals surface area contributed by atoms with Crippen LogP contribution in [0.1, 0.15) is 12.6 Å². The van der Waals surface area contributed by atoms with Gasteiger partial charge in [0.2, 0.25) is 5.78 Å². The molecule has 1 N–H and O–H groups in total. The molecule has 3 aromatic heterocycles. The minimum absolute atomic E-state index is 0.126. The predicted octanol–water partition coefficient (Wildman–Crippen LogP) is 2.61. The van der Waals surface area contributed by atoms with Crippen molar-refractivity contribution in [2.24, 2.45) is 14.1 Å². The smallest absolute Gasteiger partial charge is 0.332 e. The van der Waals surface area contributed by atoms with E-state index in [1.807, 2.05) is 52.3 Å². The van der Waals surface area contributed by atoms with Gasteiger partial charge in [0.15, 0.2) is 11.2 Å². The normalized spacial score (nSPS) is 11.6. The van der Waals surface area contributed by atoms with E-state index < -0.39 is 11.2 Å². The fraction of sp³-hybridized carbons (Fsp3) is 0.174. The van der Waals surface area contributed by atoms with Crippen molar-refractivity contribution < 1.29 is 5.11 Å². The molecule has 156 valence electrons. The predicted molar refractivity (Wildman–Crippen MR) is 119 cm³/mol. The van der Waals surface area contributed by atoms with Crippen LogP contribution in [0.4, 0.5) is 0 Å². The number of nitrogens with zero attached hydrogens (tertiary/aromatic N) is 5. The monoisotopic (exact) mass is 415 g/mol. The third kappa shape index (κ3) is 2.58. The Labute approximate surface area is 176 Å². The summed E-state index contributed by atoms with van der Waals surface area (Å²) in [6.45, 7) is 2.02. The molecule has 0 radical (unpaired) electrons. The molecule has 0 saturated heterocycles. The molecule has 31 heavy (non-hydrogen) atoms. The van der Waals surface area contributed by atoms with Crippen molar-refractivity contribution in [3.8, 4) is 22.7 Å². The minimum Gasteiger partial charge on any atom is -0.508 e. The summed E-state index contributed by atoms with van der Waals surface area (Å²) in [5.41, 5.74) is 3.30. The zero-order valence-corrected chi connectivity index (χ0v) is 17.4. The molecule has 0 aliphatic rings. The van der Waals surface area contributed by atoms with Gasteiger partial charge in [0.05, 0.1) is 17.1 Å². The standard InChI is InChI=1S/C23H21N5O3/c1-4-17-18(14-9-6-5-7-10-14)27(15-11-8-12-16(29)13-15)22-24-20-19(28(17)22)21(30)26(3)23(31)25(20)2/h5-13,29H,4H2,1-3H3. The van der Waals surface area contributed by atoms with Crippen LogP contribution in [0, 0.1) is 0 Å². The van der Waals surface area contributed by atoms with E-state index in [1.54, 1.807) is 25.2 Å². The lowest BCUT2D eigenvalue weighted by Gasteiger charge is -2.11. The van der Waals surface area contributed by atoms with E-state index >= 15 is 0 Å². The van der Waals surface area contributed by atoms with Crippen molar-refractivity contribution in [3.63, 3.8) is 0 Å². The topological polar surface area (TPSA) is 86.5 Å². The average Bonchev–Trinajstić information content (AvgIpc) is 3.31. The Morgan fingerprint density at radius 2 is 1.71 bits per heavy atom. The van der Waals surface area contributed by atoms with Crippen LogP contribution >= 0.6 is 0 Å². The van der Waals surface area contributed by atoms with Gasteiger partial charge in [-0.25, -0.2) is 4.79 Å². The number of aryl methyl sites for hydroxylation is 2. The lowest BCUT2D eigenvalue weighted by Crippen LogP contribution is -2.37. The number of benzene rings is 2. The second kappa shape index (κ2) is 6.73. The largest absolute Gasteiger partial charge is 0.508 e. The van der Waals surface area contributed by atoms with Crippen molar-refractivity contribution in [1.29, 1.82) is 0 Å². The number of aromatic nitrogens is 5. The number of phenols is 1. The van der Waals surface area contributed by atoms with E-state index in [4.69, 9.17) is 4.98 Å². The molecule has 8 nitrogen and oxygen atoms in total. The Morgan fingerprint density at radius 3 is 2.39 bits per heavy atom. The number of rotatable bonds is 3. The highest BCUT2D eigenvalue weighted by Crippen LogP contribution is 2.34. The number of phenolic OH excluding ortho intramolecular Hbond substituents is 1. The van der Waals surface area contributed by atoms with Gasteiger partial charge in [-0.2, -0.15) is 4.98 Å². The van der Waals surface area contributed by atoms with Crippen molar-refractivity contribution in [3.05, 3.63) is 81.1 Å². The maximum atomic E-state index is 13.1. The first-order valence-electron chi connectivity index (χ1n) is 10.0. The van der Waals surface area contributed by atoms with E-state index in [9.17, 15) is 14.7 Å². The third-order valence-corrected chi connectivity index (χ3v) is 5.68. The van der Waals surface area contributed by atoms with Crippen LogP contribution in [0.5, 0.6) is 5.75 Å². The SMILES string of the molecule is CCc1c(-c2ccccc2)n(-c2cccc(O)c2)c2nc3c(c(=O)n(C)c(=O)n3C)n12. The van der Waals surface area contributed by atoms with E-state index in [2.05, 4.69) is 0 Å². The van der Waals surface area contributed by atoms with Gasteiger partial charge < -0.3 is 5.11 Å². The zero-order chi connectivity index (χ0) is 21.9. The van der Waals surface area contributed by atoms with Gasteiger partial charge >= 0.3 is 5.69 Å². The Balaban J connectivity index is 2.07. The molecule has 0 aliphatic carbocycles. The molecule has 0 spiro atoms. The highest BCUT2D eigenvalue weighted by atomic mass is 16.3. The van der Waals surface area contributed by atoms with Crippen LogP contribution in [0.2, 0.25) is 0 Å². The molecular weight excluding hydrogens is 394 g/mol. The maximum Gasteiger partial charge on any atom is 0.332 e. The summed E-state index contributed by atoms with van der Waals surface area (Å²) in [6, 6.07) is 16.8. The third-order valence-electron chi connectivity index (χ3n) is 5.68. The van der Waals surface area contributed by atoms with Crippen LogP contribution in [0.25, 0.3) is 33.9 Å². The van der Waals surface area contributed by atoms with Gasteiger partial charge in [0, 0.05) is 25.7 Å². The van der Waals surface area contributed by atoms with Gasteiger partial charge in [0.1, 0.15) is 5.75 Å². The quantitative estimate of drug-likeness (QED) is 0.491. The highest BCUT2D eigenvalue weighted by molar-refractivity contribution is 5.81. The van der Waals surface area contributed by atoms with Crippen LogP contribution in [-0.2, 0) is 20.5 Å². The first-order chi connectivity index (χ1) is 14.9. The molecule has 0 bridgehead atoms. The van der Waals surface area contributed by atoms with Crippen LogP contribution in [0.3, 0.4) is 0 Å². The molecule has 0 aliphatic heterocycles. The lowest BCUT2D eigenvalue weighted by atomic mass is 10.1. The van der Waals surface area contributed by atoms with Crippen LogP contribution < -0.4 is 11.2 Å². The van der Waals surface area contributed by atoms with Crippen molar-refractivity contribution in [1.82, 2.24) is 23.1 Å². The number of fused-ring (bicyclic) bond motifs is 3. The summed E-state index contributed by atoms with van der Waals surface area (Å²) in [6.07, 6.45) is 0.629. The Hall–Kier alpha value is -4.07. The molecule has 0 atom stereocenters. The summed E-state index contributed by atoms with van der Waals surface area (Å²) in [4.78, 5) is 30.3. The van der Waals surface area contributed by atoms with Gasteiger partial charge in [-0.15, -0.1) is 0 Å². The molecule has 0 saturated carbocycles. The van der Waals surface area contributed by atoms with Crippen molar-refractivity contribution >= 4 is 16.9 Å². The van der Waals surface area contributed by atoms with Crippen molar-refractivity contribution in [2.45, 2.75) is 13.3 Å². The number of imidazole rings is 2. The molecular formula is C23H21N5O3. The number of hydrogen-bond acceptors (Lipinski definition) is 4. The lowest BCUT2D eigenvalue weighted by molar-refractivity contribution is 0.475. The first-order valence-corrected chi connectivity index (χ1v) is 10.0. The van der Waals surface area contributed by atoms with Gasteiger partial charge in [-0.3, -0.25) is 22.9 Å². The van der Waals surface area contributed by atoms with Gasteiger partial charge in [-0.05, 0) is 18.6 Å². The molecule has 5 aromatic rings. The van der Waals surface area contributed by atoms with E-state index in [1.165, 1.54) is 11.6 Å². The number of hydrogen-bond donors (Lipinski definition) is 1. The van der Waals surface area contributed by atoms with Gasteiger partial charge in [0.25, 0.3) is 5.56 Å². The molecule has 0 amide bonds. The summed E-state index contributed by atoms with van der Waals surface area (Å²) in [7, 11) is 3.08. The van der Waals surface area contributed by atoms with Crippen LogP contribution in [-0.4, -0.2) is 28.2 Å². The minimum atomic E-state index is -0.427. The molecule has 8 heteroatoms. The van der Waals surface area contributed by atoms with Gasteiger partial charge in [-0.1, -0.05) is 43.3 Å². The van der Waals surface area contributed by atoms with Crippen LogP contribution in [0.15, 0.2) is 64.2 Å². The summed E-state index contributed by atoms with van der Waals surface area (Å²) < 4.78 is 6.25. The van der Waals surface area contributed by atoms with E-state index in [0.29, 0.717) is 29.0 Å². The second-order valence-electron chi connectivity index (χ2n) is 7.50. The summed E-state index contributed by atoms with van der Waals surface area (Å²) in [5.74, 6) is 0.635. The van der Waals surface area contributed by atoms with E-state index in [-0.39, 0.29) is 5.75 Å². The summed E-state index contributed by atoms with van der Waals surface area (Å²) in [5, 5.41) is 10.1. The molecule has 2 aromatic carbocycles. The average molecular weight is 415 g/mol. The molecule has 5 rings (SSSR count). The Morgan fingerprint density at radius 1 is 0.968 bits per heavy atom. The Kier molecular flexibility index (Phi) is 4.11. The zero-order valence-electron chi connectivity index (χ0n) is 17.4. The first kappa shape index (κ1) is 18.9. The Bertz CT molecular complexity index is 1590. The summed E-state index contributed by atoms with van der Waals surface area (Å²) >= 11 is 0. The maximum absolute atomic E-state index is 13.1. The molecule has 0 fully saturated rings. The number of aromatic hydroxyl groups is 1. The molecule has 3 heterocycles. The molecule has 0 unspecified atom stereocenters. The highest BCUT2D eigenvalue weighted by Gasteiger charge is 2.26. The fourth-order valence-corrected chi connectivity index (χ4v) is 4.22. The second-order valence-corrected chi connectivity index (χ2v) is 7.50.